The first-order chi connectivity index (χ1) is 15.0. The van der Waals surface area contributed by atoms with E-state index in [4.69, 9.17) is 9.97 Å². The number of aryl methyl sites for hydroxylation is 2. The fraction of sp³-hybridized carbons (Fsp3) is 0.320. The molecule has 0 aliphatic carbocycles. The topological polar surface area (TPSA) is 49.3 Å². The van der Waals surface area contributed by atoms with E-state index in [9.17, 15) is 9.18 Å². The van der Waals surface area contributed by atoms with Crippen LogP contribution in [-0.2, 0) is 6.42 Å². The Kier molecular flexibility index (Phi) is 5.98. The Balaban J connectivity index is 1.57. The molecule has 2 heterocycles. The summed E-state index contributed by atoms with van der Waals surface area (Å²) in [7, 11) is 0. The number of halogens is 1. The summed E-state index contributed by atoms with van der Waals surface area (Å²) in [5.74, 6) is 0.920. The number of nitrogens with zero attached hydrogens (tertiary/aromatic N) is 4. The van der Waals surface area contributed by atoms with E-state index >= 15 is 0 Å². The zero-order valence-electron chi connectivity index (χ0n) is 18.2. The van der Waals surface area contributed by atoms with Gasteiger partial charge in [-0.2, -0.15) is 0 Å². The van der Waals surface area contributed by atoms with Crippen molar-refractivity contribution in [1.29, 1.82) is 0 Å². The van der Waals surface area contributed by atoms with Gasteiger partial charge in [-0.3, -0.25) is 4.79 Å². The molecule has 1 aliphatic rings. The Morgan fingerprint density at radius 3 is 2.29 bits per heavy atom. The van der Waals surface area contributed by atoms with Crippen LogP contribution in [0, 0.1) is 19.7 Å². The van der Waals surface area contributed by atoms with E-state index in [-0.39, 0.29) is 11.5 Å². The van der Waals surface area contributed by atoms with E-state index in [1.165, 1.54) is 11.6 Å². The number of hydrogen-bond donors (Lipinski definition) is 0. The fourth-order valence-corrected chi connectivity index (χ4v) is 4.01. The highest BCUT2D eigenvalue weighted by molar-refractivity contribution is 5.94. The Morgan fingerprint density at radius 2 is 1.65 bits per heavy atom. The molecule has 0 spiro atoms. The molecule has 0 saturated carbocycles. The van der Waals surface area contributed by atoms with Crippen LogP contribution < -0.4 is 4.90 Å². The maximum absolute atomic E-state index is 14.0. The Morgan fingerprint density at radius 1 is 0.968 bits per heavy atom. The third-order valence-corrected chi connectivity index (χ3v) is 5.83. The van der Waals surface area contributed by atoms with Gasteiger partial charge in [-0.05, 0) is 32.4 Å². The van der Waals surface area contributed by atoms with Crippen LogP contribution in [0.25, 0.3) is 11.4 Å². The second kappa shape index (κ2) is 8.84. The van der Waals surface area contributed by atoms with E-state index in [0.717, 1.165) is 34.9 Å². The zero-order valence-corrected chi connectivity index (χ0v) is 18.2. The summed E-state index contributed by atoms with van der Waals surface area (Å²) in [4.78, 5) is 26.4. The third-order valence-electron chi connectivity index (χ3n) is 5.83. The number of hydrogen-bond acceptors (Lipinski definition) is 4. The summed E-state index contributed by atoms with van der Waals surface area (Å²) in [5, 5.41) is 0. The van der Waals surface area contributed by atoms with Crippen molar-refractivity contribution in [3.05, 3.63) is 76.7 Å². The van der Waals surface area contributed by atoms with Gasteiger partial charge in [0.05, 0.1) is 5.56 Å². The molecule has 2 aromatic carbocycles. The average molecular weight is 419 g/mol. The number of aromatic nitrogens is 2. The Hall–Kier alpha value is -3.28. The van der Waals surface area contributed by atoms with Crippen LogP contribution >= 0.6 is 0 Å². The van der Waals surface area contributed by atoms with Crippen molar-refractivity contribution in [3.63, 3.8) is 0 Å². The number of rotatable bonds is 4. The van der Waals surface area contributed by atoms with Crippen molar-refractivity contribution in [2.45, 2.75) is 27.2 Å². The van der Waals surface area contributed by atoms with Crippen LogP contribution in [0.1, 0.15) is 34.1 Å². The molecule has 0 N–H and O–H groups in total. The third kappa shape index (κ3) is 4.29. The van der Waals surface area contributed by atoms with Crippen LogP contribution in [0.2, 0.25) is 0 Å². The molecular formula is C25H27FN4O. The lowest BCUT2D eigenvalue weighted by Crippen LogP contribution is -2.49. The molecule has 1 fully saturated rings. The largest absolute Gasteiger partial charge is 0.353 e. The normalized spacial score (nSPS) is 14.1. The first-order valence-corrected chi connectivity index (χ1v) is 10.7. The maximum Gasteiger partial charge on any atom is 0.256 e. The lowest BCUT2D eigenvalue weighted by atomic mass is 10.1. The first-order valence-electron chi connectivity index (χ1n) is 10.7. The number of carbonyl (C=O) groups excluding carboxylic acids is 1. The van der Waals surface area contributed by atoms with Crippen molar-refractivity contribution in [1.82, 2.24) is 14.9 Å². The Bertz CT molecular complexity index is 1090. The van der Waals surface area contributed by atoms with E-state index in [0.29, 0.717) is 26.2 Å². The smallest absolute Gasteiger partial charge is 0.256 e. The maximum atomic E-state index is 14.0. The number of amides is 1. The molecule has 31 heavy (non-hydrogen) atoms. The summed E-state index contributed by atoms with van der Waals surface area (Å²) in [5.41, 5.74) is 4.43. The van der Waals surface area contributed by atoms with Crippen LogP contribution in [0.4, 0.5) is 10.2 Å². The van der Waals surface area contributed by atoms with Crippen LogP contribution in [0.3, 0.4) is 0 Å². The molecule has 1 saturated heterocycles. The van der Waals surface area contributed by atoms with Crippen molar-refractivity contribution < 1.29 is 9.18 Å². The van der Waals surface area contributed by atoms with Gasteiger partial charge in [-0.15, -0.1) is 0 Å². The van der Waals surface area contributed by atoms with Gasteiger partial charge in [-0.1, -0.05) is 48.9 Å². The van der Waals surface area contributed by atoms with Crippen molar-refractivity contribution in [2.75, 3.05) is 31.1 Å². The molecule has 0 atom stereocenters. The minimum absolute atomic E-state index is 0.129. The van der Waals surface area contributed by atoms with Crippen molar-refractivity contribution >= 4 is 11.7 Å². The van der Waals surface area contributed by atoms with Crippen LogP contribution in [0.15, 0.2) is 48.5 Å². The highest BCUT2D eigenvalue weighted by atomic mass is 19.1. The van der Waals surface area contributed by atoms with E-state index < -0.39 is 5.82 Å². The average Bonchev–Trinajstić information content (AvgIpc) is 2.79. The summed E-state index contributed by atoms with van der Waals surface area (Å²) in [6.45, 7) is 8.55. The van der Waals surface area contributed by atoms with Gasteiger partial charge in [0.2, 0.25) is 0 Å². The van der Waals surface area contributed by atoms with Crippen molar-refractivity contribution in [3.8, 4) is 11.4 Å². The second-order valence-electron chi connectivity index (χ2n) is 7.91. The number of anilines is 1. The molecule has 1 amide bonds. The highest BCUT2D eigenvalue weighted by Crippen LogP contribution is 2.27. The second-order valence-corrected chi connectivity index (χ2v) is 7.91. The molecule has 0 radical (unpaired) electrons. The number of carbonyl (C=O) groups is 1. The SMILES string of the molecule is CCc1c(C)nc(-c2ccc(C)cc2)nc1N1CCN(C(=O)c2ccccc2F)CC1. The van der Waals surface area contributed by atoms with Gasteiger partial charge in [0.15, 0.2) is 5.82 Å². The quantitative estimate of drug-likeness (QED) is 0.629. The monoisotopic (exact) mass is 418 g/mol. The Labute approximate surface area is 182 Å². The first kappa shape index (κ1) is 21.0. The standard InChI is InChI=1S/C25H27FN4O/c1-4-20-18(3)27-23(19-11-9-17(2)10-12-19)28-24(20)29-13-15-30(16-14-29)25(31)21-7-5-6-8-22(21)26/h5-12H,4,13-16H2,1-3H3. The number of benzene rings is 2. The molecule has 0 bridgehead atoms. The molecule has 160 valence electrons. The summed E-state index contributed by atoms with van der Waals surface area (Å²) < 4.78 is 14.0. The predicted molar refractivity (Wildman–Crippen MR) is 121 cm³/mol. The highest BCUT2D eigenvalue weighted by Gasteiger charge is 2.26. The van der Waals surface area contributed by atoms with E-state index in [1.54, 1.807) is 23.1 Å². The summed E-state index contributed by atoms with van der Waals surface area (Å²) >= 11 is 0. The van der Waals surface area contributed by atoms with Crippen molar-refractivity contribution in [2.24, 2.45) is 0 Å². The molecule has 6 heteroatoms. The van der Waals surface area contributed by atoms with Gasteiger partial charge in [0, 0.05) is 43.0 Å². The van der Waals surface area contributed by atoms with Crippen LogP contribution in [-0.4, -0.2) is 47.0 Å². The molecular weight excluding hydrogens is 391 g/mol. The van der Waals surface area contributed by atoms with Gasteiger partial charge in [0.25, 0.3) is 5.91 Å². The van der Waals surface area contributed by atoms with Gasteiger partial charge >= 0.3 is 0 Å². The molecule has 1 aromatic heterocycles. The number of piperazine rings is 1. The molecule has 1 aliphatic heterocycles. The lowest BCUT2D eigenvalue weighted by Gasteiger charge is -2.36. The van der Waals surface area contributed by atoms with Gasteiger partial charge in [0.1, 0.15) is 11.6 Å². The summed E-state index contributed by atoms with van der Waals surface area (Å²) in [6, 6.07) is 14.4. The molecule has 0 unspecified atom stereocenters. The molecule has 3 aromatic rings. The molecule has 5 nitrogen and oxygen atoms in total. The summed E-state index contributed by atoms with van der Waals surface area (Å²) in [6.07, 6.45) is 0.837. The van der Waals surface area contributed by atoms with Gasteiger partial charge in [-0.25, -0.2) is 14.4 Å². The van der Waals surface area contributed by atoms with Gasteiger partial charge < -0.3 is 9.80 Å². The lowest BCUT2D eigenvalue weighted by molar-refractivity contribution is 0.0741. The van der Waals surface area contributed by atoms with Crippen LogP contribution in [0.5, 0.6) is 0 Å². The minimum atomic E-state index is -0.475. The molecule has 4 rings (SSSR count). The minimum Gasteiger partial charge on any atom is -0.353 e. The van der Waals surface area contributed by atoms with E-state index in [2.05, 4.69) is 30.9 Å². The van der Waals surface area contributed by atoms with E-state index in [1.807, 2.05) is 19.1 Å². The zero-order chi connectivity index (χ0) is 22.0. The predicted octanol–water partition coefficient (Wildman–Crippen LogP) is 4.42. The fourth-order valence-electron chi connectivity index (χ4n) is 4.01.